The summed E-state index contributed by atoms with van der Waals surface area (Å²) in [6.45, 7) is 2.95. The molecule has 1 nitrogen and oxygen atoms in total. The molecule has 0 spiro atoms. The van der Waals surface area contributed by atoms with Crippen LogP contribution < -0.4 is 0 Å². The zero-order valence-electron chi connectivity index (χ0n) is 8.85. The summed E-state index contributed by atoms with van der Waals surface area (Å²) in [5.41, 5.74) is 2.59. The van der Waals surface area contributed by atoms with Crippen molar-refractivity contribution in [2.24, 2.45) is 0 Å². The van der Waals surface area contributed by atoms with E-state index in [2.05, 4.69) is 19.1 Å². The Hall–Kier alpha value is -0.530. The van der Waals surface area contributed by atoms with Crippen LogP contribution in [0.3, 0.4) is 0 Å². The van der Waals surface area contributed by atoms with Gasteiger partial charge in [-0.2, -0.15) is 0 Å². The van der Waals surface area contributed by atoms with Crippen LogP contribution in [-0.2, 0) is 17.6 Å². The van der Waals surface area contributed by atoms with Crippen LogP contribution in [-0.4, -0.2) is 13.7 Å². The Bertz CT molecular complexity index is 284. The van der Waals surface area contributed by atoms with Gasteiger partial charge in [0, 0.05) is 18.7 Å². The van der Waals surface area contributed by atoms with Crippen molar-refractivity contribution in [3.63, 3.8) is 0 Å². The predicted molar refractivity (Wildman–Crippen MR) is 61.0 cm³/mol. The van der Waals surface area contributed by atoms with Crippen LogP contribution in [0, 0.1) is 0 Å². The van der Waals surface area contributed by atoms with Gasteiger partial charge in [0.2, 0.25) is 0 Å². The number of rotatable bonds is 5. The van der Waals surface area contributed by atoms with Gasteiger partial charge >= 0.3 is 0 Å². The Morgan fingerprint density at radius 3 is 2.79 bits per heavy atom. The van der Waals surface area contributed by atoms with E-state index >= 15 is 0 Å². The Kier molecular flexibility index (Phi) is 4.99. The van der Waals surface area contributed by atoms with Crippen LogP contribution in [0.25, 0.3) is 0 Å². The lowest BCUT2D eigenvalue weighted by Crippen LogP contribution is -1.94. The zero-order chi connectivity index (χ0) is 10.4. The molecule has 0 aliphatic carbocycles. The second-order valence-corrected chi connectivity index (χ2v) is 3.78. The fourth-order valence-corrected chi connectivity index (χ4v) is 1.73. The Balaban J connectivity index is 2.60. The van der Waals surface area contributed by atoms with Crippen LogP contribution in [0.4, 0.5) is 0 Å². The molecule has 0 N–H and O–H groups in total. The van der Waals surface area contributed by atoms with Gasteiger partial charge in [-0.15, -0.1) is 0 Å². The molecule has 1 aromatic rings. The molecule has 0 fully saturated rings. The molecular weight excluding hydrogens is 196 g/mol. The number of benzene rings is 1. The number of hydrogen-bond donors (Lipinski definition) is 0. The summed E-state index contributed by atoms with van der Waals surface area (Å²) in [7, 11) is 1.74. The Labute approximate surface area is 91.0 Å². The van der Waals surface area contributed by atoms with Gasteiger partial charge < -0.3 is 4.74 Å². The number of methoxy groups -OCH3 is 1. The summed E-state index contributed by atoms with van der Waals surface area (Å²) in [5, 5.41) is 0.878. The van der Waals surface area contributed by atoms with Gasteiger partial charge in [0.1, 0.15) is 0 Å². The van der Waals surface area contributed by atoms with Crippen molar-refractivity contribution in [2.45, 2.75) is 26.2 Å². The average Bonchev–Trinajstić information content (AvgIpc) is 2.21. The molecule has 0 atom stereocenters. The van der Waals surface area contributed by atoms with E-state index in [-0.39, 0.29) is 0 Å². The van der Waals surface area contributed by atoms with E-state index in [4.69, 9.17) is 16.3 Å². The molecule has 0 aliphatic rings. The quantitative estimate of drug-likeness (QED) is 0.679. The molecule has 0 aromatic heterocycles. The first-order valence-corrected chi connectivity index (χ1v) is 5.42. The van der Waals surface area contributed by atoms with Gasteiger partial charge in [-0.25, -0.2) is 0 Å². The number of ether oxygens (including phenoxy) is 1. The number of aryl methyl sites for hydroxylation is 2. The maximum atomic E-state index is 6.03. The molecule has 2 heteroatoms. The average molecular weight is 213 g/mol. The molecule has 0 heterocycles. The highest BCUT2D eigenvalue weighted by Gasteiger charge is 1.99. The summed E-state index contributed by atoms with van der Waals surface area (Å²) < 4.78 is 5.02. The van der Waals surface area contributed by atoms with Crippen molar-refractivity contribution in [2.75, 3.05) is 13.7 Å². The molecule has 14 heavy (non-hydrogen) atoms. The topological polar surface area (TPSA) is 9.23 Å². The first-order valence-electron chi connectivity index (χ1n) is 5.04. The summed E-state index contributed by atoms with van der Waals surface area (Å²) in [6, 6.07) is 6.28. The van der Waals surface area contributed by atoms with Crippen LogP contribution in [0.2, 0.25) is 5.02 Å². The molecule has 0 saturated carbocycles. The fourth-order valence-electron chi connectivity index (χ4n) is 1.48. The lowest BCUT2D eigenvalue weighted by molar-refractivity contribution is 0.195. The Morgan fingerprint density at radius 1 is 1.36 bits per heavy atom. The van der Waals surface area contributed by atoms with Crippen LogP contribution in [0.5, 0.6) is 0 Å². The smallest absolute Gasteiger partial charge is 0.0465 e. The first kappa shape index (κ1) is 11.5. The van der Waals surface area contributed by atoms with Crippen LogP contribution >= 0.6 is 11.6 Å². The van der Waals surface area contributed by atoms with E-state index in [0.29, 0.717) is 0 Å². The maximum Gasteiger partial charge on any atom is 0.0465 e. The molecule has 0 bridgehead atoms. The highest BCUT2D eigenvalue weighted by molar-refractivity contribution is 6.31. The molecule has 1 rings (SSSR count). The normalized spacial score (nSPS) is 10.5. The minimum atomic E-state index is 0.823. The minimum Gasteiger partial charge on any atom is -0.385 e. The second kappa shape index (κ2) is 6.05. The highest BCUT2D eigenvalue weighted by Crippen LogP contribution is 2.18. The van der Waals surface area contributed by atoms with Gasteiger partial charge in [0.15, 0.2) is 0 Å². The van der Waals surface area contributed by atoms with Crippen molar-refractivity contribution in [3.8, 4) is 0 Å². The molecule has 78 valence electrons. The van der Waals surface area contributed by atoms with E-state index in [1.54, 1.807) is 7.11 Å². The SMILES string of the molecule is CCc1cc(CCCOC)ccc1Cl. The third-order valence-corrected chi connectivity index (χ3v) is 2.67. The zero-order valence-corrected chi connectivity index (χ0v) is 9.60. The van der Waals surface area contributed by atoms with E-state index in [0.717, 1.165) is 30.9 Å². The van der Waals surface area contributed by atoms with Crippen molar-refractivity contribution in [3.05, 3.63) is 34.3 Å². The van der Waals surface area contributed by atoms with Gasteiger partial charge in [-0.1, -0.05) is 30.7 Å². The van der Waals surface area contributed by atoms with Gasteiger partial charge in [-0.05, 0) is 36.5 Å². The van der Waals surface area contributed by atoms with E-state index < -0.39 is 0 Å². The standard InChI is InChI=1S/C12H17ClO/c1-3-11-9-10(5-4-8-14-2)6-7-12(11)13/h6-7,9H,3-5,8H2,1-2H3. The molecule has 0 saturated heterocycles. The van der Waals surface area contributed by atoms with Crippen molar-refractivity contribution in [1.29, 1.82) is 0 Å². The summed E-state index contributed by atoms with van der Waals surface area (Å²) in [6.07, 6.45) is 3.14. The van der Waals surface area contributed by atoms with E-state index in [9.17, 15) is 0 Å². The van der Waals surface area contributed by atoms with Gasteiger partial charge in [-0.3, -0.25) is 0 Å². The molecule has 1 aromatic carbocycles. The number of halogens is 1. The van der Waals surface area contributed by atoms with Crippen molar-refractivity contribution < 1.29 is 4.74 Å². The predicted octanol–water partition coefficient (Wildman–Crippen LogP) is 3.48. The Morgan fingerprint density at radius 2 is 2.14 bits per heavy atom. The van der Waals surface area contributed by atoms with E-state index in [1.807, 2.05) is 6.07 Å². The summed E-state index contributed by atoms with van der Waals surface area (Å²) in [5.74, 6) is 0. The van der Waals surface area contributed by atoms with Crippen LogP contribution in [0.15, 0.2) is 18.2 Å². The third kappa shape index (κ3) is 3.32. The molecule has 0 unspecified atom stereocenters. The fraction of sp³-hybridized carbons (Fsp3) is 0.500. The highest BCUT2D eigenvalue weighted by atomic mass is 35.5. The molecular formula is C12H17ClO. The maximum absolute atomic E-state index is 6.03. The van der Waals surface area contributed by atoms with Gasteiger partial charge in [0.05, 0.1) is 0 Å². The molecule has 0 amide bonds. The molecule has 0 aliphatic heterocycles. The van der Waals surface area contributed by atoms with Crippen molar-refractivity contribution in [1.82, 2.24) is 0 Å². The summed E-state index contributed by atoms with van der Waals surface area (Å²) >= 11 is 6.03. The number of hydrogen-bond acceptors (Lipinski definition) is 1. The monoisotopic (exact) mass is 212 g/mol. The third-order valence-electron chi connectivity index (χ3n) is 2.30. The minimum absolute atomic E-state index is 0.823. The van der Waals surface area contributed by atoms with Gasteiger partial charge in [0.25, 0.3) is 0 Å². The molecule has 0 radical (unpaired) electrons. The van der Waals surface area contributed by atoms with Crippen molar-refractivity contribution >= 4 is 11.6 Å². The second-order valence-electron chi connectivity index (χ2n) is 3.38. The lowest BCUT2D eigenvalue weighted by Gasteiger charge is -2.05. The summed E-state index contributed by atoms with van der Waals surface area (Å²) in [4.78, 5) is 0. The van der Waals surface area contributed by atoms with Crippen LogP contribution in [0.1, 0.15) is 24.5 Å². The first-order chi connectivity index (χ1) is 6.77. The largest absolute Gasteiger partial charge is 0.385 e. The van der Waals surface area contributed by atoms with E-state index in [1.165, 1.54) is 11.1 Å². The lowest BCUT2D eigenvalue weighted by atomic mass is 10.1.